The standard InChI is InChI=1S/C22H25N4O2/c1-24-12-10-23-21(24)16-8-9-17-19(15-16)25-11-6-5-7-18(25)20(17)22(27)28-14-13-26(2,3)4/h5-12,15H,13-14H2,1-4H3/q+1. The van der Waals surface area contributed by atoms with Gasteiger partial charge >= 0.3 is 5.97 Å². The summed E-state index contributed by atoms with van der Waals surface area (Å²) in [7, 11) is 8.21. The Bertz CT molecular complexity index is 1160. The van der Waals surface area contributed by atoms with Gasteiger partial charge in [-0.2, -0.15) is 0 Å². The number of nitrogens with zero attached hydrogens (tertiary/aromatic N) is 4. The summed E-state index contributed by atoms with van der Waals surface area (Å²) in [5, 5.41) is 0.888. The number of carbonyl (C=O) groups excluding carboxylic acids is 1. The SMILES string of the molecule is Cn1ccnc1-c1ccc2c(C(=O)OCC[N+](C)(C)C)c3ccccn3c2c1. The zero-order chi connectivity index (χ0) is 19.9. The maximum absolute atomic E-state index is 12.9. The molecule has 4 rings (SSSR count). The lowest BCUT2D eigenvalue weighted by molar-refractivity contribution is -0.870. The van der Waals surface area contributed by atoms with Gasteiger partial charge in [-0.1, -0.05) is 18.2 Å². The molecule has 0 bridgehead atoms. The van der Waals surface area contributed by atoms with E-state index in [1.54, 1.807) is 6.20 Å². The number of hydrogen-bond donors (Lipinski definition) is 0. The summed E-state index contributed by atoms with van der Waals surface area (Å²) in [6.07, 6.45) is 5.68. The first-order chi connectivity index (χ1) is 13.3. The number of carbonyl (C=O) groups is 1. The molecule has 0 unspecified atom stereocenters. The molecule has 6 heteroatoms. The smallest absolute Gasteiger partial charge is 0.341 e. The molecule has 0 amide bonds. The predicted molar refractivity (Wildman–Crippen MR) is 110 cm³/mol. The number of aryl methyl sites for hydroxylation is 1. The largest absolute Gasteiger partial charge is 0.456 e. The zero-order valence-corrected chi connectivity index (χ0v) is 16.7. The van der Waals surface area contributed by atoms with Gasteiger partial charge in [0.1, 0.15) is 19.0 Å². The van der Waals surface area contributed by atoms with Crippen molar-refractivity contribution in [2.45, 2.75) is 0 Å². The van der Waals surface area contributed by atoms with Crippen LogP contribution >= 0.6 is 0 Å². The number of quaternary nitrogens is 1. The molecule has 4 aromatic rings. The second kappa shape index (κ2) is 6.80. The minimum atomic E-state index is -0.281. The Labute approximate surface area is 164 Å². The van der Waals surface area contributed by atoms with Crippen molar-refractivity contribution in [2.75, 3.05) is 34.3 Å². The van der Waals surface area contributed by atoms with Gasteiger partial charge < -0.3 is 18.2 Å². The van der Waals surface area contributed by atoms with Crippen LogP contribution in [-0.4, -0.2) is 58.7 Å². The minimum absolute atomic E-state index is 0.281. The fourth-order valence-electron chi connectivity index (χ4n) is 3.42. The van der Waals surface area contributed by atoms with Crippen LogP contribution in [0.3, 0.4) is 0 Å². The fraction of sp³-hybridized carbons (Fsp3) is 0.273. The highest BCUT2D eigenvalue weighted by Gasteiger charge is 2.21. The Hall–Kier alpha value is -3.12. The molecule has 0 N–H and O–H groups in total. The average Bonchev–Trinajstić information content (AvgIpc) is 3.21. The summed E-state index contributed by atoms with van der Waals surface area (Å²) in [6.45, 7) is 1.15. The first kappa shape index (κ1) is 18.3. The molecule has 0 aliphatic carbocycles. The molecule has 0 aliphatic rings. The van der Waals surface area contributed by atoms with E-state index in [4.69, 9.17) is 4.74 Å². The van der Waals surface area contributed by atoms with Crippen LogP contribution in [0.15, 0.2) is 55.0 Å². The number of likely N-dealkylation sites (N-methyl/N-ethyl adjacent to an activating group) is 1. The lowest BCUT2D eigenvalue weighted by Gasteiger charge is -2.23. The van der Waals surface area contributed by atoms with E-state index in [1.165, 1.54) is 0 Å². The van der Waals surface area contributed by atoms with Crippen molar-refractivity contribution >= 4 is 22.4 Å². The van der Waals surface area contributed by atoms with Crippen molar-refractivity contribution in [1.29, 1.82) is 0 Å². The van der Waals surface area contributed by atoms with Crippen LogP contribution in [0.5, 0.6) is 0 Å². The molecule has 0 radical (unpaired) electrons. The first-order valence-electron chi connectivity index (χ1n) is 9.33. The molecule has 3 aromatic heterocycles. The van der Waals surface area contributed by atoms with E-state index in [9.17, 15) is 4.79 Å². The average molecular weight is 377 g/mol. The molecule has 28 heavy (non-hydrogen) atoms. The summed E-state index contributed by atoms with van der Waals surface area (Å²) < 4.78 is 10.4. The van der Waals surface area contributed by atoms with Crippen LogP contribution in [0.4, 0.5) is 0 Å². The molecule has 0 fully saturated rings. The van der Waals surface area contributed by atoms with E-state index in [-0.39, 0.29) is 5.97 Å². The summed E-state index contributed by atoms with van der Waals surface area (Å²) in [5.74, 6) is 0.608. The van der Waals surface area contributed by atoms with Gasteiger partial charge in [0.2, 0.25) is 0 Å². The van der Waals surface area contributed by atoms with Gasteiger partial charge in [-0.25, -0.2) is 9.78 Å². The molecule has 1 aromatic carbocycles. The fourth-order valence-corrected chi connectivity index (χ4v) is 3.42. The van der Waals surface area contributed by atoms with E-state index in [1.807, 2.05) is 58.7 Å². The molecule has 0 saturated heterocycles. The highest BCUT2D eigenvalue weighted by molar-refractivity contribution is 6.12. The second-order valence-electron chi connectivity index (χ2n) is 8.07. The van der Waals surface area contributed by atoms with Gasteiger partial charge in [0.15, 0.2) is 0 Å². The third kappa shape index (κ3) is 3.27. The normalized spacial score (nSPS) is 12.0. The maximum atomic E-state index is 12.9. The molecular weight excluding hydrogens is 352 g/mol. The van der Waals surface area contributed by atoms with Crippen molar-refractivity contribution in [2.24, 2.45) is 7.05 Å². The van der Waals surface area contributed by atoms with Gasteiger partial charge in [0.25, 0.3) is 0 Å². The van der Waals surface area contributed by atoms with E-state index >= 15 is 0 Å². The number of aromatic nitrogens is 3. The maximum Gasteiger partial charge on any atom is 0.341 e. The molecule has 0 atom stereocenters. The van der Waals surface area contributed by atoms with Crippen LogP contribution in [0.2, 0.25) is 0 Å². The monoisotopic (exact) mass is 377 g/mol. The summed E-state index contributed by atoms with van der Waals surface area (Å²) in [5.41, 5.74) is 3.44. The first-order valence-corrected chi connectivity index (χ1v) is 9.33. The van der Waals surface area contributed by atoms with Crippen molar-refractivity contribution in [3.05, 3.63) is 60.6 Å². The number of pyridine rings is 1. The van der Waals surface area contributed by atoms with Crippen LogP contribution in [0.1, 0.15) is 10.4 Å². The van der Waals surface area contributed by atoms with E-state index < -0.39 is 0 Å². The number of benzene rings is 1. The van der Waals surface area contributed by atoms with E-state index in [0.717, 1.165) is 38.8 Å². The molecule has 0 saturated carbocycles. The molecule has 0 spiro atoms. The van der Waals surface area contributed by atoms with Crippen LogP contribution in [0, 0.1) is 0 Å². The summed E-state index contributed by atoms with van der Waals surface area (Å²) in [6, 6.07) is 11.9. The minimum Gasteiger partial charge on any atom is -0.456 e. The number of esters is 1. The Balaban J connectivity index is 1.80. The Morgan fingerprint density at radius 3 is 2.64 bits per heavy atom. The van der Waals surface area contributed by atoms with E-state index in [2.05, 4.69) is 32.2 Å². The zero-order valence-electron chi connectivity index (χ0n) is 16.7. The van der Waals surface area contributed by atoms with Gasteiger partial charge in [0.05, 0.1) is 37.7 Å². The molecule has 6 nitrogen and oxygen atoms in total. The summed E-state index contributed by atoms with van der Waals surface area (Å²) in [4.78, 5) is 17.4. The van der Waals surface area contributed by atoms with Crippen molar-refractivity contribution in [3.63, 3.8) is 0 Å². The lowest BCUT2D eigenvalue weighted by Crippen LogP contribution is -2.38. The van der Waals surface area contributed by atoms with Crippen LogP contribution in [0.25, 0.3) is 27.8 Å². The van der Waals surface area contributed by atoms with Gasteiger partial charge in [-0.3, -0.25) is 0 Å². The molecule has 0 aliphatic heterocycles. The third-order valence-corrected chi connectivity index (χ3v) is 4.92. The molecule has 3 heterocycles. The number of rotatable bonds is 5. The van der Waals surface area contributed by atoms with Gasteiger partial charge in [-0.05, 0) is 18.2 Å². The second-order valence-corrected chi connectivity index (χ2v) is 8.07. The van der Waals surface area contributed by atoms with Crippen molar-refractivity contribution in [1.82, 2.24) is 14.0 Å². The van der Waals surface area contributed by atoms with Gasteiger partial charge in [0, 0.05) is 36.6 Å². The number of imidazole rings is 1. The Morgan fingerprint density at radius 2 is 1.93 bits per heavy atom. The predicted octanol–water partition coefficient (Wildman–Crippen LogP) is 3.36. The topological polar surface area (TPSA) is 48.5 Å². The number of ether oxygens (including phenoxy) is 1. The third-order valence-electron chi connectivity index (χ3n) is 4.92. The number of fused-ring (bicyclic) bond motifs is 3. The van der Waals surface area contributed by atoms with Crippen molar-refractivity contribution in [3.8, 4) is 11.4 Å². The highest BCUT2D eigenvalue weighted by Crippen LogP contribution is 2.30. The van der Waals surface area contributed by atoms with Crippen molar-refractivity contribution < 1.29 is 14.0 Å². The number of hydrogen-bond acceptors (Lipinski definition) is 3. The highest BCUT2D eigenvalue weighted by atomic mass is 16.5. The molecular formula is C22H25N4O2+. The lowest BCUT2D eigenvalue weighted by atomic mass is 10.1. The Morgan fingerprint density at radius 1 is 1.11 bits per heavy atom. The summed E-state index contributed by atoms with van der Waals surface area (Å²) >= 11 is 0. The molecule has 144 valence electrons. The van der Waals surface area contributed by atoms with Gasteiger partial charge in [-0.15, -0.1) is 0 Å². The van der Waals surface area contributed by atoms with Crippen LogP contribution < -0.4 is 0 Å². The Kier molecular flexibility index (Phi) is 4.43. The van der Waals surface area contributed by atoms with E-state index in [0.29, 0.717) is 12.2 Å². The van der Waals surface area contributed by atoms with Crippen LogP contribution in [-0.2, 0) is 11.8 Å². The quantitative estimate of drug-likeness (QED) is 0.396.